The summed E-state index contributed by atoms with van der Waals surface area (Å²) >= 11 is 7.23. The number of halogens is 1. The molecule has 5 aromatic carbocycles. The van der Waals surface area contributed by atoms with Crippen molar-refractivity contribution in [1.29, 1.82) is 0 Å². The maximum absolute atomic E-state index is 16.5. The predicted octanol–water partition coefficient (Wildman–Crippen LogP) is 1.29. The van der Waals surface area contributed by atoms with Crippen molar-refractivity contribution in [3.05, 3.63) is 143 Å². The summed E-state index contributed by atoms with van der Waals surface area (Å²) in [5, 5.41) is 130. The molecule has 116 heavy (non-hydrogen) atoms. The van der Waals surface area contributed by atoms with Crippen molar-refractivity contribution >= 4 is 58.9 Å². The van der Waals surface area contributed by atoms with E-state index in [4.69, 9.17) is 66.7 Å². The third-order valence-electron chi connectivity index (χ3n) is 21.5. The molecule has 5 aromatic rings. The summed E-state index contributed by atoms with van der Waals surface area (Å²) in [7, 11) is 1.76. The van der Waals surface area contributed by atoms with E-state index >= 15 is 28.8 Å². The number of likely N-dealkylation sites (N-methyl/N-ethyl adjacent to an activating group) is 1. The van der Waals surface area contributed by atoms with Crippen LogP contribution in [-0.4, -0.2) is 233 Å². The van der Waals surface area contributed by atoms with Crippen molar-refractivity contribution in [2.75, 3.05) is 26.7 Å². The SMILES string of the molecule is C=CC[N+](C)(CC=C)C(CC(C)C)C(=O)NC1C(=O)NC(CC(N)=O)C(=O)NC2C(=O)NC3C(=O)NC(C(=O)NC(C(=O)O)c4cc(O)cc(O)c4-c4cc3ccc4O)C(O[C@H]3C[C@](C)(N)[C@@H](O)[C@H](C)O3)c3ccc(cc3)Oc3cc2cc(c3O[C@@H]2O[C@H](CO)[C@@H](O)[C@H](O)[C@H]2O[C@H]2C[C@](C)(N)[C@@H](O)[C@H](C)O2)Oc2ccc(cc2Cl)C1O. The summed E-state index contributed by atoms with van der Waals surface area (Å²) in [6.45, 7) is 16.9. The molecule has 3 saturated heterocycles. The molecule has 0 aliphatic carbocycles. The molecule has 36 nitrogen and oxygen atoms in total. The van der Waals surface area contributed by atoms with E-state index in [-0.39, 0.29) is 76.0 Å². The third-order valence-corrected chi connectivity index (χ3v) is 21.8. The van der Waals surface area contributed by atoms with Gasteiger partial charge in [0.1, 0.15) is 89.5 Å². The van der Waals surface area contributed by atoms with Gasteiger partial charge in [-0.2, -0.15) is 0 Å². The number of amides is 7. The number of aliphatic carboxylic acids is 1. The Morgan fingerprint density at radius 3 is 1.86 bits per heavy atom. The Labute approximate surface area is 670 Å². The van der Waals surface area contributed by atoms with E-state index in [9.17, 15) is 60.7 Å². The number of nitrogens with one attached hydrogen (secondary N) is 6. The number of phenols is 3. The zero-order valence-corrected chi connectivity index (χ0v) is 65.0. The number of nitrogens with two attached hydrogens (primary N) is 3. The van der Waals surface area contributed by atoms with E-state index in [1.165, 1.54) is 64.1 Å². The number of aliphatic hydroxyl groups is 6. The quantitative estimate of drug-likeness (QED) is 0.0409. The first-order valence-electron chi connectivity index (χ1n) is 37.4. The number of hydrogen-bond donors (Lipinski definition) is 19. The fourth-order valence-electron chi connectivity index (χ4n) is 15.4. The van der Waals surface area contributed by atoms with Gasteiger partial charge in [0.2, 0.25) is 47.5 Å². The van der Waals surface area contributed by atoms with Crippen LogP contribution in [0.1, 0.15) is 125 Å². The van der Waals surface area contributed by atoms with Gasteiger partial charge < -0.3 is 143 Å². The first-order valence-corrected chi connectivity index (χ1v) is 37.8. The number of benzene rings is 5. The van der Waals surface area contributed by atoms with Crippen LogP contribution in [0.25, 0.3) is 11.1 Å². The van der Waals surface area contributed by atoms with Crippen LogP contribution in [0.4, 0.5) is 0 Å². The first-order chi connectivity index (χ1) is 54.6. The van der Waals surface area contributed by atoms with Crippen LogP contribution in [0.2, 0.25) is 5.02 Å². The lowest BCUT2D eigenvalue weighted by Crippen LogP contribution is -2.64. The number of carbonyl (C=O) groups is 8. The number of fused-ring (bicyclic) bond motifs is 15. The smallest absolute Gasteiger partial charge is 0.330 e. The van der Waals surface area contributed by atoms with Gasteiger partial charge in [-0.25, -0.2) is 4.79 Å². The highest BCUT2D eigenvalue weighted by Crippen LogP contribution is 2.50. The third kappa shape index (κ3) is 18.5. The Hall–Kier alpha value is -10.1. The van der Waals surface area contributed by atoms with Gasteiger partial charge in [-0.3, -0.25) is 33.6 Å². The van der Waals surface area contributed by atoms with Crippen LogP contribution in [0.5, 0.6) is 46.0 Å². The van der Waals surface area contributed by atoms with Gasteiger partial charge in [-0.1, -0.05) is 62.9 Å². The maximum Gasteiger partial charge on any atom is 0.330 e. The minimum absolute atomic E-state index is 0.0354. The van der Waals surface area contributed by atoms with Gasteiger partial charge >= 0.3 is 5.97 Å². The summed E-state index contributed by atoms with van der Waals surface area (Å²) in [4.78, 5) is 122. The molecule has 0 spiro atoms. The van der Waals surface area contributed by atoms with E-state index < -0.39 is 250 Å². The molecule has 626 valence electrons. The number of rotatable bonds is 19. The van der Waals surface area contributed by atoms with Crippen LogP contribution in [0.3, 0.4) is 0 Å². The molecule has 22 atom stereocenters. The van der Waals surface area contributed by atoms with Crippen LogP contribution in [0.15, 0.2) is 110 Å². The molecule has 22 N–H and O–H groups in total. The molecule has 3 fully saturated rings. The van der Waals surface area contributed by atoms with E-state index in [2.05, 4.69) is 45.1 Å². The Morgan fingerprint density at radius 2 is 1.28 bits per heavy atom. The van der Waals surface area contributed by atoms with Crippen molar-refractivity contribution in [1.82, 2.24) is 31.9 Å². The van der Waals surface area contributed by atoms with Gasteiger partial charge in [0.05, 0.1) is 62.6 Å². The average Bonchev–Trinajstić information content (AvgIpc) is 0.764. The van der Waals surface area contributed by atoms with Crippen LogP contribution in [-0.2, 0) is 62.0 Å². The number of hydrogen-bond acceptors (Lipinski definition) is 27. The summed E-state index contributed by atoms with van der Waals surface area (Å²) in [5.41, 5.74) is 13.7. The number of carboxylic acid groups (broad SMARTS) is 1. The second-order valence-electron chi connectivity index (χ2n) is 31.2. The molecule has 0 radical (unpaired) electrons. The molecule has 9 unspecified atom stereocenters. The van der Waals surface area contributed by atoms with Crippen molar-refractivity contribution in [3.63, 3.8) is 0 Å². The number of aromatic hydroxyl groups is 3. The second kappa shape index (κ2) is 35.0. The molecule has 8 aliphatic heterocycles. The fourth-order valence-corrected chi connectivity index (χ4v) is 15.6. The molecule has 0 aromatic heterocycles. The number of aliphatic hydroxyl groups excluding tert-OH is 6. The maximum atomic E-state index is 16.5. The van der Waals surface area contributed by atoms with Crippen molar-refractivity contribution in [2.24, 2.45) is 23.1 Å². The Bertz CT molecular complexity index is 4580. The van der Waals surface area contributed by atoms with Gasteiger partial charge in [0, 0.05) is 53.1 Å². The second-order valence-corrected chi connectivity index (χ2v) is 31.6. The zero-order valence-electron chi connectivity index (χ0n) is 64.3. The lowest BCUT2D eigenvalue weighted by molar-refractivity contribution is -0.914. The van der Waals surface area contributed by atoms with Crippen molar-refractivity contribution in [3.8, 4) is 57.1 Å². The zero-order chi connectivity index (χ0) is 84.6. The number of ether oxygens (including phenoxy) is 8. The normalized spacial score (nSPS) is 31.2. The number of carbonyl (C=O) groups excluding carboxylic acids is 7. The Kier molecular flexibility index (Phi) is 26.1. The molecular formula is C79H98ClN10O26+. The topological polar surface area (TPSA) is 563 Å². The standard InChI is InChI=1S/C79H97ClN10O26/c1-10-20-90(9,21-11-2)46(22-33(3)4)71(102)88-60-62(96)38-15-19-49(44(80)24-38)112-51-26-39-25-50(66(51)116-77-67(64(98)63(97)52(32-91)113-77)115-55-31-79(8,83)69(100)35(6)110-55)111-41-16-12-36(13-17-41)65(114-54-30-78(7,82)68(99)34(5)109-54)61-75(106)87-59(76(107)108)43-27-40(92)28-48(94)56(43)42-23-37(14-18-47(42)93)57(72(103)89-61)86-73(104)58(39)85-70(101)45(29-53(81)95)84-74(60)105/h10-19,23-28,33-35,45-46,52,54-55,57-65,67-69,77,91,96-100H,1-2,20-22,29-32,82-83H2,3-9H3,(H11-,81,84,85,86,87,88,89,92,93,94,95,101,102,103,104,105,106,107,108)/p+1/t34-,35-,45?,46?,52+,54-,55-,57?,58?,59?,60?,61?,62?,63+,64-,65?,67+,68-,69-,77-,78-,79-/m0/s1. The van der Waals surface area contributed by atoms with Gasteiger partial charge in [-0.05, 0) is 123 Å². The molecule has 11 bridgehead atoms. The summed E-state index contributed by atoms with van der Waals surface area (Å²) < 4.78 is 51.9. The number of quaternary nitrogens is 1. The summed E-state index contributed by atoms with van der Waals surface area (Å²) in [6, 6.07) is 1.43. The monoisotopic (exact) mass is 1640 g/mol. The van der Waals surface area contributed by atoms with Crippen molar-refractivity contribution < 1.29 is 132 Å². The average molecular weight is 1640 g/mol. The van der Waals surface area contributed by atoms with Crippen LogP contribution in [0, 0.1) is 5.92 Å². The highest BCUT2D eigenvalue weighted by atomic mass is 35.5. The number of phenolic OH excluding ortho intramolecular Hbond substituents is 3. The number of nitrogens with zero attached hydrogens (tertiary/aromatic N) is 1. The number of primary amides is 1. The Morgan fingerprint density at radius 1 is 0.690 bits per heavy atom. The van der Waals surface area contributed by atoms with Gasteiger partial charge in [0.15, 0.2) is 42.3 Å². The van der Waals surface area contributed by atoms with Crippen LogP contribution < -0.4 is 63.3 Å². The molecule has 0 saturated carbocycles. The molecule has 7 amide bonds. The van der Waals surface area contributed by atoms with Crippen molar-refractivity contribution in [2.45, 2.75) is 201 Å². The fraction of sp³-hybridized carbons (Fsp3) is 0.468. The Balaban J connectivity index is 1.18. The van der Waals surface area contributed by atoms with E-state index in [0.29, 0.717) is 0 Å². The molecular weight excluding hydrogens is 1540 g/mol. The van der Waals surface area contributed by atoms with Gasteiger partial charge in [-0.15, -0.1) is 0 Å². The minimum Gasteiger partial charge on any atom is -0.508 e. The van der Waals surface area contributed by atoms with E-state index in [1.54, 1.807) is 19.2 Å². The summed E-state index contributed by atoms with van der Waals surface area (Å²) in [5.74, 6) is -15.6. The first kappa shape index (κ1) is 86.7. The predicted molar refractivity (Wildman–Crippen MR) is 408 cm³/mol. The minimum atomic E-state index is -2.36. The van der Waals surface area contributed by atoms with E-state index in [1.807, 2.05) is 13.8 Å². The summed E-state index contributed by atoms with van der Waals surface area (Å²) in [6.07, 6.45) is -19.4. The molecule has 37 heteroatoms. The molecule has 8 aliphatic rings. The van der Waals surface area contributed by atoms with E-state index in [0.717, 1.165) is 48.5 Å². The lowest BCUT2D eigenvalue weighted by atomic mass is 9.86. The lowest BCUT2D eigenvalue weighted by Gasteiger charge is -2.47. The highest BCUT2D eigenvalue weighted by molar-refractivity contribution is 6.32. The molecule has 8 heterocycles. The van der Waals surface area contributed by atoms with Crippen LogP contribution >= 0.6 is 11.6 Å². The number of carboxylic acids is 1. The largest absolute Gasteiger partial charge is 0.508 e. The molecule has 13 rings (SSSR count). The highest BCUT2D eigenvalue weighted by Gasteiger charge is 2.53. The van der Waals surface area contributed by atoms with Gasteiger partial charge in [0.25, 0.3) is 5.91 Å².